The van der Waals surface area contributed by atoms with Crippen LogP contribution in [0.25, 0.3) is 6.08 Å². The van der Waals surface area contributed by atoms with E-state index in [1.165, 1.54) is 21.0 Å². The van der Waals surface area contributed by atoms with Crippen molar-refractivity contribution in [2.75, 3.05) is 39.3 Å². The first-order chi connectivity index (χ1) is 13.8. The minimum absolute atomic E-state index is 0.128. The maximum atomic E-state index is 13.0. The fraction of sp³-hybridized carbons (Fsp3) is 0.591. The molecule has 1 aromatic rings. The molecule has 29 heavy (non-hydrogen) atoms. The standard InChI is InChI=1S/C22H33N3O3S/c1-18-15-19(2)17-24(16-18)22(26)20(3)23-10-12-25(13-11-23)29(27,28)14-9-21-7-5-4-6-8-21/h4-9,14,18-20H,10-13,15-17H2,1-3H3/p+1/b14-9+/t18-,19-,20-/m1/s1. The molecule has 0 bridgehead atoms. The van der Waals surface area contributed by atoms with Crippen LogP contribution < -0.4 is 4.90 Å². The summed E-state index contributed by atoms with van der Waals surface area (Å²) in [7, 11) is -3.44. The number of hydrogen-bond donors (Lipinski definition) is 1. The second-order valence-corrected chi connectivity index (χ2v) is 10.5. The van der Waals surface area contributed by atoms with Crippen molar-refractivity contribution in [1.82, 2.24) is 9.21 Å². The third kappa shape index (κ3) is 5.68. The molecule has 1 amide bonds. The zero-order chi connectivity index (χ0) is 21.0. The van der Waals surface area contributed by atoms with Gasteiger partial charge in [-0.25, -0.2) is 8.42 Å². The summed E-state index contributed by atoms with van der Waals surface area (Å²) in [6.45, 7) is 10.3. The number of piperazine rings is 1. The van der Waals surface area contributed by atoms with E-state index in [-0.39, 0.29) is 11.9 Å². The highest BCUT2D eigenvalue weighted by molar-refractivity contribution is 7.92. The third-order valence-corrected chi connectivity index (χ3v) is 7.68. The number of benzene rings is 1. The topological polar surface area (TPSA) is 62.1 Å². The lowest BCUT2D eigenvalue weighted by atomic mass is 9.91. The van der Waals surface area contributed by atoms with Gasteiger partial charge in [0.25, 0.3) is 5.91 Å². The summed E-state index contributed by atoms with van der Waals surface area (Å²) >= 11 is 0. The number of sulfonamides is 1. The molecule has 3 rings (SSSR count). The smallest absolute Gasteiger partial charge is 0.280 e. The Hall–Kier alpha value is -1.70. The highest BCUT2D eigenvalue weighted by Crippen LogP contribution is 2.21. The molecule has 2 aliphatic rings. The van der Waals surface area contributed by atoms with Crippen molar-refractivity contribution in [3.63, 3.8) is 0 Å². The molecule has 0 unspecified atom stereocenters. The Morgan fingerprint density at radius 2 is 1.69 bits per heavy atom. The van der Waals surface area contributed by atoms with Crippen LogP contribution in [0.2, 0.25) is 0 Å². The fourth-order valence-corrected chi connectivity index (χ4v) is 5.76. The van der Waals surface area contributed by atoms with E-state index < -0.39 is 10.0 Å². The Balaban J connectivity index is 1.55. The lowest BCUT2D eigenvalue weighted by Crippen LogP contribution is -3.19. The van der Waals surface area contributed by atoms with Gasteiger partial charge in [0.05, 0.1) is 26.2 Å². The summed E-state index contributed by atoms with van der Waals surface area (Å²) in [5.41, 5.74) is 0.865. The molecule has 2 saturated heterocycles. The van der Waals surface area contributed by atoms with Crippen molar-refractivity contribution < 1.29 is 18.1 Å². The highest BCUT2D eigenvalue weighted by Gasteiger charge is 2.36. The summed E-state index contributed by atoms with van der Waals surface area (Å²) < 4.78 is 26.8. The molecule has 1 aromatic carbocycles. The predicted octanol–water partition coefficient (Wildman–Crippen LogP) is 1.08. The number of hydrogen-bond acceptors (Lipinski definition) is 3. The van der Waals surface area contributed by atoms with Gasteiger partial charge in [-0.15, -0.1) is 0 Å². The third-order valence-electron chi connectivity index (χ3n) is 6.12. The zero-order valence-electron chi connectivity index (χ0n) is 17.8. The van der Waals surface area contributed by atoms with Gasteiger partial charge in [-0.1, -0.05) is 44.2 Å². The van der Waals surface area contributed by atoms with Gasteiger partial charge in [0.2, 0.25) is 10.0 Å². The number of nitrogens with zero attached hydrogens (tertiary/aromatic N) is 2. The number of nitrogens with one attached hydrogen (secondary N) is 1. The van der Waals surface area contributed by atoms with Crippen LogP contribution in [0.4, 0.5) is 0 Å². The zero-order valence-corrected chi connectivity index (χ0v) is 18.6. The molecular weight excluding hydrogens is 386 g/mol. The molecule has 160 valence electrons. The van der Waals surface area contributed by atoms with Crippen LogP contribution in [-0.2, 0) is 14.8 Å². The number of piperidine rings is 1. The van der Waals surface area contributed by atoms with Crippen LogP contribution in [0.5, 0.6) is 0 Å². The van der Waals surface area contributed by atoms with Gasteiger partial charge < -0.3 is 9.80 Å². The van der Waals surface area contributed by atoms with Crippen molar-refractivity contribution in [3.8, 4) is 0 Å². The van der Waals surface area contributed by atoms with E-state index in [1.807, 2.05) is 42.2 Å². The molecule has 0 spiro atoms. The quantitative estimate of drug-likeness (QED) is 0.776. The monoisotopic (exact) mass is 420 g/mol. The van der Waals surface area contributed by atoms with E-state index in [2.05, 4.69) is 13.8 Å². The first kappa shape index (κ1) is 22.0. The fourth-order valence-electron chi connectivity index (χ4n) is 4.57. The van der Waals surface area contributed by atoms with Crippen LogP contribution in [0.1, 0.15) is 32.8 Å². The number of rotatable bonds is 5. The van der Waals surface area contributed by atoms with Gasteiger partial charge in [-0.2, -0.15) is 4.31 Å². The summed E-state index contributed by atoms with van der Waals surface area (Å²) in [6, 6.07) is 9.31. The number of carbonyl (C=O) groups excluding carboxylic acids is 1. The Kier molecular flexibility index (Phi) is 7.14. The van der Waals surface area contributed by atoms with Crippen molar-refractivity contribution >= 4 is 22.0 Å². The van der Waals surface area contributed by atoms with Crippen molar-refractivity contribution in [3.05, 3.63) is 41.3 Å². The average molecular weight is 421 g/mol. The SMILES string of the molecule is C[C@@H]1C[C@@H](C)CN(C(=O)[C@@H](C)[NH+]2CCN(S(=O)(=O)/C=C/c3ccccc3)CC2)C1. The second kappa shape index (κ2) is 9.41. The first-order valence-corrected chi connectivity index (χ1v) is 12.1. The lowest BCUT2D eigenvalue weighted by molar-refractivity contribution is -0.918. The van der Waals surface area contributed by atoms with Gasteiger partial charge >= 0.3 is 0 Å². The van der Waals surface area contributed by atoms with Gasteiger partial charge in [0, 0.05) is 18.5 Å². The maximum absolute atomic E-state index is 13.0. The molecule has 2 fully saturated rings. The van der Waals surface area contributed by atoms with E-state index in [1.54, 1.807) is 6.08 Å². The lowest BCUT2D eigenvalue weighted by Gasteiger charge is -2.39. The number of amides is 1. The van der Waals surface area contributed by atoms with Crippen molar-refractivity contribution in [2.24, 2.45) is 11.8 Å². The second-order valence-electron chi connectivity index (χ2n) is 8.73. The molecule has 7 heteroatoms. The van der Waals surface area contributed by atoms with Gasteiger partial charge in [-0.05, 0) is 36.8 Å². The molecule has 0 saturated carbocycles. The molecule has 0 aromatic heterocycles. The Morgan fingerprint density at radius 1 is 1.10 bits per heavy atom. The van der Waals surface area contributed by atoms with E-state index >= 15 is 0 Å². The first-order valence-electron chi connectivity index (χ1n) is 10.6. The average Bonchev–Trinajstić information content (AvgIpc) is 2.71. The van der Waals surface area contributed by atoms with Crippen LogP contribution in [0, 0.1) is 11.8 Å². The molecule has 3 atom stereocenters. The minimum atomic E-state index is -3.44. The molecule has 2 aliphatic heterocycles. The Bertz CT molecular complexity index is 807. The summed E-state index contributed by atoms with van der Waals surface area (Å²) in [5.74, 6) is 1.30. The van der Waals surface area contributed by atoms with Crippen LogP contribution in [0.15, 0.2) is 35.7 Å². The Morgan fingerprint density at radius 3 is 2.28 bits per heavy atom. The molecule has 1 N–H and O–H groups in total. The summed E-state index contributed by atoms with van der Waals surface area (Å²) in [6.07, 6.45) is 2.82. The molecular formula is C22H34N3O3S+. The van der Waals surface area contributed by atoms with Crippen LogP contribution in [0.3, 0.4) is 0 Å². The van der Waals surface area contributed by atoms with E-state index in [0.29, 0.717) is 38.0 Å². The number of likely N-dealkylation sites (tertiary alicyclic amines) is 1. The van der Waals surface area contributed by atoms with Crippen LogP contribution >= 0.6 is 0 Å². The molecule has 0 aliphatic carbocycles. The van der Waals surface area contributed by atoms with Gasteiger partial charge in [-0.3, -0.25) is 4.79 Å². The predicted molar refractivity (Wildman–Crippen MR) is 116 cm³/mol. The highest BCUT2D eigenvalue weighted by atomic mass is 32.2. The van der Waals surface area contributed by atoms with Gasteiger partial charge in [0.1, 0.15) is 0 Å². The van der Waals surface area contributed by atoms with Gasteiger partial charge in [0.15, 0.2) is 6.04 Å². The largest absolute Gasteiger partial charge is 0.337 e. The Labute approximate surface area is 175 Å². The number of quaternary nitrogens is 1. The molecule has 0 radical (unpaired) electrons. The van der Waals surface area contributed by atoms with Crippen molar-refractivity contribution in [1.29, 1.82) is 0 Å². The number of carbonyl (C=O) groups is 1. The van der Waals surface area contributed by atoms with Crippen LogP contribution in [-0.4, -0.2) is 68.8 Å². The van der Waals surface area contributed by atoms with E-state index in [9.17, 15) is 13.2 Å². The summed E-state index contributed by atoms with van der Waals surface area (Å²) in [4.78, 5) is 16.2. The maximum Gasteiger partial charge on any atom is 0.280 e. The molecule has 6 nitrogen and oxygen atoms in total. The van der Waals surface area contributed by atoms with Crippen molar-refractivity contribution in [2.45, 2.75) is 33.2 Å². The molecule has 2 heterocycles. The normalized spacial score (nSPS) is 26.0. The summed E-state index contributed by atoms with van der Waals surface area (Å²) in [5, 5.41) is 1.29. The van der Waals surface area contributed by atoms with E-state index in [0.717, 1.165) is 18.7 Å². The van der Waals surface area contributed by atoms with E-state index in [4.69, 9.17) is 0 Å². The minimum Gasteiger partial charge on any atom is -0.337 e.